The van der Waals surface area contributed by atoms with E-state index >= 15 is 0 Å². The van der Waals surface area contributed by atoms with E-state index in [-0.39, 0.29) is 52.8 Å². The topological polar surface area (TPSA) is 207 Å². The van der Waals surface area contributed by atoms with Crippen molar-refractivity contribution in [3.05, 3.63) is 87.8 Å². The summed E-state index contributed by atoms with van der Waals surface area (Å²) in [6.07, 6.45) is 9.50. The molecule has 1 heterocycles. The van der Waals surface area contributed by atoms with Crippen LogP contribution < -0.4 is 16.4 Å². The molecule has 0 radical (unpaired) electrons. The number of primary amides is 1. The molecule has 12 atom stereocenters. The first-order valence-corrected chi connectivity index (χ1v) is 22.7. The molecule has 2 saturated carbocycles. The number of aromatic hydroxyl groups is 1. The minimum atomic E-state index is -1.01. The highest BCUT2D eigenvalue weighted by atomic mass is 16.6. The Balaban J connectivity index is 1.16. The maximum atomic E-state index is 14.1. The second-order valence-corrected chi connectivity index (χ2v) is 19.0. The first kappa shape index (κ1) is 48.5. The molecular formula is C51H67N3O10. The lowest BCUT2D eigenvalue weighted by Crippen LogP contribution is -2.44. The number of phenolic OH excluding ortho intramolecular Hbond substituents is 1. The Morgan fingerprint density at radius 3 is 2.55 bits per heavy atom. The van der Waals surface area contributed by atoms with E-state index in [0.717, 1.165) is 44.6 Å². The summed E-state index contributed by atoms with van der Waals surface area (Å²) in [5, 5.41) is 39.0. The number of allylic oxidation sites excluding steroid dienone is 4. The largest absolute Gasteiger partial charge is 0.508 e. The number of aryl methyl sites for hydroxylation is 1. The second-order valence-electron chi connectivity index (χ2n) is 19.0. The molecule has 2 bridgehead atoms. The number of nitrogens with one attached hydrogen (secondary N) is 2. The number of fused-ring (bicyclic) bond motifs is 7. The van der Waals surface area contributed by atoms with Crippen LogP contribution in [-0.4, -0.2) is 90.2 Å². The van der Waals surface area contributed by atoms with Crippen LogP contribution in [0.15, 0.2) is 76.7 Å². The highest BCUT2D eigenvalue weighted by Gasteiger charge is 2.57. The van der Waals surface area contributed by atoms with Crippen LogP contribution in [0.2, 0.25) is 0 Å². The third-order valence-corrected chi connectivity index (χ3v) is 14.7. The number of carbonyl (C=O) groups excluding carboxylic acids is 4. The van der Waals surface area contributed by atoms with Crippen LogP contribution in [0.1, 0.15) is 103 Å². The number of Topliss-reactive ketones (excluding diaryl/α,β-unsaturated/α-hetero) is 1. The molecule has 6 rings (SSSR count). The summed E-state index contributed by atoms with van der Waals surface area (Å²) in [4.78, 5) is 53.2. The summed E-state index contributed by atoms with van der Waals surface area (Å²) in [5.74, 6) is 5.91. The number of ether oxygens (including phenoxy) is 3. The molecule has 13 nitrogen and oxygen atoms in total. The lowest BCUT2D eigenvalue weighted by Gasteiger charge is -2.50. The number of rotatable bonds is 7. The zero-order valence-corrected chi connectivity index (χ0v) is 38.3. The monoisotopic (exact) mass is 881 g/mol. The number of benzene rings is 1. The number of carbonyl (C=O) groups is 4. The molecule has 5 aliphatic rings. The summed E-state index contributed by atoms with van der Waals surface area (Å²) in [5.41, 5.74) is 8.86. The van der Waals surface area contributed by atoms with E-state index in [1.807, 2.05) is 19.9 Å². The number of methoxy groups -OCH3 is 2. The quantitative estimate of drug-likeness (QED) is 0.107. The third kappa shape index (κ3) is 10.6. The molecule has 2 fully saturated rings. The molecular weight excluding hydrogens is 815 g/mol. The summed E-state index contributed by atoms with van der Waals surface area (Å²) in [7, 11) is 2.93. The lowest BCUT2D eigenvalue weighted by molar-refractivity contribution is -0.120. The summed E-state index contributed by atoms with van der Waals surface area (Å²) >= 11 is 0. The van der Waals surface area contributed by atoms with Gasteiger partial charge in [-0.15, -0.1) is 5.92 Å². The van der Waals surface area contributed by atoms with Gasteiger partial charge in [0.2, 0.25) is 11.6 Å². The molecule has 0 saturated heterocycles. The molecule has 4 aliphatic carbocycles. The maximum absolute atomic E-state index is 14.1. The average molecular weight is 882 g/mol. The number of hydrogen-bond acceptors (Lipinski definition) is 11. The van der Waals surface area contributed by atoms with E-state index in [1.54, 1.807) is 38.1 Å². The van der Waals surface area contributed by atoms with Crippen LogP contribution in [0.3, 0.4) is 0 Å². The van der Waals surface area contributed by atoms with Gasteiger partial charge in [0.15, 0.2) is 6.10 Å². The minimum Gasteiger partial charge on any atom is -0.508 e. The Kier molecular flexibility index (Phi) is 15.8. The molecule has 346 valence electrons. The first-order valence-electron chi connectivity index (χ1n) is 22.7. The molecule has 2 amide bonds. The van der Waals surface area contributed by atoms with Gasteiger partial charge < -0.3 is 45.9 Å². The molecule has 0 aromatic heterocycles. The molecule has 1 aliphatic heterocycles. The summed E-state index contributed by atoms with van der Waals surface area (Å²) < 4.78 is 16.8. The van der Waals surface area contributed by atoms with E-state index in [2.05, 4.69) is 35.5 Å². The van der Waals surface area contributed by atoms with Gasteiger partial charge in [0, 0.05) is 43.8 Å². The Morgan fingerprint density at radius 1 is 1.06 bits per heavy atom. The van der Waals surface area contributed by atoms with Gasteiger partial charge in [-0.05, 0) is 129 Å². The average Bonchev–Trinajstić information content (AvgIpc) is 3.52. The predicted molar refractivity (Wildman–Crippen MR) is 242 cm³/mol. The number of nitrogens with two attached hydrogens (primary N) is 1. The Hall–Kier alpha value is -5.00. The Bertz CT molecular complexity index is 2180. The summed E-state index contributed by atoms with van der Waals surface area (Å²) in [6, 6.07) is 5.82. The molecule has 1 aromatic rings. The third-order valence-electron chi connectivity index (χ3n) is 14.7. The van der Waals surface area contributed by atoms with Crippen LogP contribution in [0.5, 0.6) is 5.75 Å². The highest BCUT2D eigenvalue weighted by molar-refractivity contribution is 6.23. The van der Waals surface area contributed by atoms with Crippen LogP contribution in [0.25, 0.3) is 0 Å². The standard InChI is InChI=1S/C51H67N3O10/c1-28-22-38-44(53-21-10-8-9-13-33-26-39-37-17-15-32-25-34(55)16-18-35(32)36(37)19-20-51(39,5)48(33)59)41(56)27-40(46(38)58)54-49(60)29(2)12-11-14-42(62-6)47(64-50(52)61)31(4)24-30(3)45(57)43(23-28)63-7/h11-12,14,16,18,24-25,27-28,30,33,36-37,39,42-43,45,47-48,53,55,57,59H,9,13,15,17,19-23,26H2,1-7H3,(H2,52,61)(H,54,60)/b14-11-,29-12+,31-24+/t28-,30+,33-,36-,37-,39+,42+,43+,45-,47+,48+,51+/m1/s1. The van der Waals surface area contributed by atoms with Gasteiger partial charge in [0.05, 0.1) is 36.3 Å². The van der Waals surface area contributed by atoms with E-state index in [4.69, 9.17) is 19.9 Å². The van der Waals surface area contributed by atoms with Gasteiger partial charge in [0.25, 0.3) is 5.91 Å². The van der Waals surface area contributed by atoms with Gasteiger partial charge in [-0.3, -0.25) is 14.4 Å². The zero-order valence-electron chi connectivity index (χ0n) is 38.3. The van der Waals surface area contributed by atoms with Crippen molar-refractivity contribution in [1.82, 2.24) is 10.6 Å². The van der Waals surface area contributed by atoms with Crippen molar-refractivity contribution in [2.45, 2.75) is 129 Å². The Morgan fingerprint density at radius 2 is 1.83 bits per heavy atom. The van der Waals surface area contributed by atoms with Crippen molar-refractivity contribution < 1.29 is 48.7 Å². The van der Waals surface area contributed by atoms with E-state index in [0.29, 0.717) is 41.9 Å². The van der Waals surface area contributed by atoms with Gasteiger partial charge in [0.1, 0.15) is 11.9 Å². The van der Waals surface area contributed by atoms with Gasteiger partial charge >= 0.3 is 6.09 Å². The van der Waals surface area contributed by atoms with E-state index in [1.165, 1.54) is 31.4 Å². The first-order chi connectivity index (χ1) is 30.5. The zero-order chi connectivity index (χ0) is 46.5. The molecule has 64 heavy (non-hydrogen) atoms. The fourth-order valence-electron chi connectivity index (χ4n) is 11.3. The fourth-order valence-corrected chi connectivity index (χ4v) is 11.3. The van der Waals surface area contributed by atoms with Crippen LogP contribution in [0, 0.1) is 46.8 Å². The van der Waals surface area contributed by atoms with Crippen LogP contribution in [0.4, 0.5) is 4.79 Å². The van der Waals surface area contributed by atoms with E-state index in [9.17, 15) is 34.5 Å². The number of aliphatic hydroxyl groups excluding tert-OH is 2. The number of ketones is 2. The van der Waals surface area contributed by atoms with Crippen LogP contribution in [-0.2, 0) is 35.0 Å². The minimum absolute atomic E-state index is 0.105. The van der Waals surface area contributed by atoms with Crippen LogP contribution >= 0.6 is 0 Å². The normalized spacial score (nSPS) is 35.7. The molecule has 0 spiro atoms. The molecule has 7 N–H and O–H groups in total. The molecule has 1 aromatic carbocycles. The number of aliphatic hydroxyl groups is 2. The number of amides is 2. The maximum Gasteiger partial charge on any atom is 0.405 e. The number of phenols is 1. The SMILES string of the molecule is CO[C@H]1/C=C\C=C(/C)C(=O)NC2=CC(=O)C(NCC#CCC[C@@H]3C[C@H]4[C@@H]5CCc6cc(O)ccc6[C@H]5CC[C@]4(C)[C@H]3O)=C(C[C@@H](C)C[C@H](OC)[C@H](O)[C@@H](C)/C=C(\C)[C@@H]1OC(N)=O)C2=O. The van der Waals surface area contributed by atoms with Crippen molar-refractivity contribution in [2.24, 2.45) is 40.7 Å². The van der Waals surface area contributed by atoms with Gasteiger partial charge in [-0.2, -0.15) is 0 Å². The highest BCUT2D eigenvalue weighted by Crippen LogP contribution is 2.62. The molecule has 13 heteroatoms. The molecule has 0 unspecified atom stereocenters. The smallest absolute Gasteiger partial charge is 0.405 e. The van der Waals surface area contributed by atoms with Crippen molar-refractivity contribution in [1.29, 1.82) is 0 Å². The fraction of sp³-hybridized carbons (Fsp3) is 0.569. The van der Waals surface area contributed by atoms with Crippen molar-refractivity contribution in [3.63, 3.8) is 0 Å². The second kappa shape index (κ2) is 20.9. The van der Waals surface area contributed by atoms with Gasteiger partial charge in [-0.1, -0.05) is 57.1 Å². The predicted octanol–water partition coefficient (Wildman–Crippen LogP) is 5.98. The summed E-state index contributed by atoms with van der Waals surface area (Å²) in [6.45, 7) is 9.38. The van der Waals surface area contributed by atoms with Crippen molar-refractivity contribution in [2.75, 3.05) is 20.8 Å². The number of hydrogen-bond donors (Lipinski definition) is 6. The lowest BCUT2D eigenvalue weighted by atomic mass is 9.55. The van der Waals surface area contributed by atoms with Crippen molar-refractivity contribution >= 4 is 23.6 Å². The Labute approximate surface area is 377 Å². The van der Waals surface area contributed by atoms with Crippen molar-refractivity contribution in [3.8, 4) is 17.6 Å². The van der Waals surface area contributed by atoms with Gasteiger partial charge in [-0.25, -0.2) is 4.79 Å². The van der Waals surface area contributed by atoms with E-state index < -0.39 is 60.0 Å².